The molecule has 0 spiro atoms. The number of guanidine groups is 1. The van der Waals surface area contributed by atoms with Crippen LogP contribution in [0.4, 0.5) is 0 Å². The van der Waals surface area contributed by atoms with Crippen LogP contribution in [0.5, 0.6) is 5.75 Å². The molecule has 0 radical (unpaired) electrons. The van der Waals surface area contributed by atoms with E-state index >= 15 is 0 Å². The summed E-state index contributed by atoms with van der Waals surface area (Å²) in [5.74, 6) is 2.25. The van der Waals surface area contributed by atoms with Crippen LogP contribution < -0.4 is 10.1 Å². The lowest BCUT2D eigenvalue weighted by Gasteiger charge is -2.24. The molecule has 1 aromatic heterocycles. The van der Waals surface area contributed by atoms with Crippen molar-refractivity contribution in [2.75, 3.05) is 27.2 Å². The summed E-state index contributed by atoms with van der Waals surface area (Å²) in [4.78, 5) is 6.51. The van der Waals surface area contributed by atoms with Crippen LogP contribution >= 0.6 is 24.0 Å². The van der Waals surface area contributed by atoms with E-state index in [1.807, 2.05) is 56.3 Å². The maximum Gasteiger partial charge on any atom is 0.193 e. The number of nitrogens with zero attached hydrogens (tertiary/aromatic N) is 4. The Morgan fingerprint density at radius 2 is 2.08 bits per heavy atom. The molecule has 0 aliphatic rings. The predicted molar refractivity (Wildman–Crippen MR) is 117 cm³/mol. The van der Waals surface area contributed by atoms with Gasteiger partial charge in [0.1, 0.15) is 5.75 Å². The summed E-state index contributed by atoms with van der Waals surface area (Å²) in [5, 5.41) is 7.70. The first-order valence-electron chi connectivity index (χ1n) is 8.73. The quantitative estimate of drug-likeness (QED) is 0.365. The summed E-state index contributed by atoms with van der Waals surface area (Å²) in [6.45, 7) is 7.41. The number of aromatic nitrogens is 2. The summed E-state index contributed by atoms with van der Waals surface area (Å²) in [7, 11) is 3.86. The van der Waals surface area contributed by atoms with Crippen molar-refractivity contribution in [3.8, 4) is 5.75 Å². The van der Waals surface area contributed by atoms with Gasteiger partial charge in [0.2, 0.25) is 0 Å². The molecule has 1 aromatic carbocycles. The van der Waals surface area contributed by atoms with Crippen LogP contribution in [0, 0.1) is 5.92 Å². The normalized spacial score (nSPS) is 12.2. The summed E-state index contributed by atoms with van der Waals surface area (Å²) in [6.07, 6.45) is 3.80. The lowest BCUT2D eigenvalue weighted by molar-refractivity contribution is 0.340. The van der Waals surface area contributed by atoms with Gasteiger partial charge in [-0.05, 0) is 36.6 Å². The minimum atomic E-state index is 0. The SMILES string of the molecule is CCOc1ccc(CN(C)C(=NC)NCC(C)Cn2cccn2)cc1.I. The fraction of sp³-hybridized carbons (Fsp3) is 0.474. The summed E-state index contributed by atoms with van der Waals surface area (Å²) < 4.78 is 7.44. The lowest BCUT2D eigenvalue weighted by Crippen LogP contribution is -2.40. The topological polar surface area (TPSA) is 54.7 Å². The Morgan fingerprint density at radius 3 is 2.65 bits per heavy atom. The molecule has 2 aromatic rings. The van der Waals surface area contributed by atoms with E-state index in [-0.39, 0.29) is 24.0 Å². The molecular weight excluding hydrogens is 441 g/mol. The van der Waals surface area contributed by atoms with Gasteiger partial charge in [0.25, 0.3) is 0 Å². The average Bonchev–Trinajstić information content (AvgIpc) is 3.10. The van der Waals surface area contributed by atoms with Gasteiger partial charge in [0, 0.05) is 46.1 Å². The van der Waals surface area contributed by atoms with Crippen molar-refractivity contribution in [1.82, 2.24) is 20.0 Å². The highest BCUT2D eigenvalue weighted by atomic mass is 127. The number of halogens is 1. The predicted octanol–water partition coefficient (Wildman–Crippen LogP) is 3.24. The van der Waals surface area contributed by atoms with Crippen molar-refractivity contribution in [3.63, 3.8) is 0 Å². The molecule has 1 unspecified atom stereocenters. The number of hydrogen-bond donors (Lipinski definition) is 1. The molecular formula is C19H30IN5O. The van der Waals surface area contributed by atoms with E-state index in [1.165, 1.54) is 5.56 Å². The van der Waals surface area contributed by atoms with Crippen LogP contribution in [0.2, 0.25) is 0 Å². The molecule has 7 heteroatoms. The highest BCUT2D eigenvalue weighted by molar-refractivity contribution is 14.0. The Kier molecular flexibility index (Phi) is 10.1. The van der Waals surface area contributed by atoms with Crippen molar-refractivity contribution in [2.45, 2.75) is 26.9 Å². The molecule has 1 heterocycles. The minimum Gasteiger partial charge on any atom is -0.494 e. The second-order valence-corrected chi connectivity index (χ2v) is 6.19. The molecule has 0 saturated carbocycles. The fourth-order valence-electron chi connectivity index (χ4n) is 2.65. The second kappa shape index (κ2) is 11.8. The van der Waals surface area contributed by atoms with Crippen molar-refractivity contribution in [2.24, 2.45) is 10.9 Å². The highest BCUT2D eigenvalue weighted by Crippen LogP contribution is 2.13. The Balaban J connectivity index is 0.00000338. The number of ether oxygens (including phenoxy) is 1. The van der Waals surface area contributed by atoms with E-state index in [9.17, 15) is 0 Å². The van der Waals surface area contributed by atoms with Crippen LogP contribution in [-0.4, -0.2) is 47.9 Å². The van der Waals surface area contributed by atoms with Crippen LogP contribution in [0.25, 0.3) is 0 Å². The van der Waals surface area contributed by atoms with Crippen LogP contribution in [0.15, 0.2) is 47.7 Å². The molecule has 144 valence electrons. The monoisotopic (exact) mass is 471 g/mol. The number of aliphatic imine (C=N–C) groups is 1. The van der Waals surface area contributed by atoms with E-state index in [1.54, 1.807) is 0 Å². The Bertz CT molecular complexity index is 642. The standard InChI is InChI=1S/C19H29N5O.HI/c1-5-25-18-9-7-17(8-10-18)15-23(4)19(20-3)21-13-16(2)14-24-12-6-11-22-24;/h6-12,16H,5,13-15H2,1-4H3,(H,20,21);1H. The third kappa shape index (κ3) is 7.23. The van der Waals surface area contributed by atoms with Crippen molar-refractivity contribution >= 4 is 29.9 Å². The average molecular weight is 471 g/mol. The van der Waals surface area contributed by atoms with Gasteiger partial charge in [-0.2, -0.15) is 5.10 Å². The third-order valence-corrected chi connectivity index (χ3v) is 3.89. The van der Waals surface area contributed by atoms with E-state index in [4.69, 9.17) is 4.74 Å². The van der Waals surface area contributed by atoms with Crippen molar-refractivity contribution in [3.05, 3.63) is 48.3 Å². The van der Waals surface area contributed by atoms with Gasteiger partial charge in [-0.1, -0.05) is 19.1 Å². The molecule has 0 aliphatic heterocycles. The first-order valence-corrected chi connectivity index (χ1v) is 8.73. The molecule has 0 aliphatic carbocycles. The summed E-state index contributed by atoms with van der Waals surface area (Å²) in [6, 6.07) is 10.2. The first-order chi connectivity index (χ1) is 12.1. The van der Waals surface area contributed by atoms with Gasteiger partial charge < -0.3 is 15.0 Å². The van der Waals surface area contributed by atoms with E-state index in [0.29, 0.717) is 12.5 Å². The molecule has 2 rings (SSSR count). The fourth-order valence-corrected chi connectivity index (χ4v) is 2.65. The second-order valence-electron chi connectivity index (χ2n) is 6.19. The van der Waals surface area contributed by atoms with Gasteiger partial charge in [-0.3, -0.25) is 9.67 Å². The third-order valence-electron chi connectivity index (χ3n) is 3.89. The number of rotatable bonds is 8. The van der Waals surface area contributed by atoms with Crippen LogP contribution in [0.3, 0.4) is 0 Å². The Morgan fingerprint density at radius 1 is 1.35 bits per heavy atom. The van der Waals surface area contributed by atoms with Gasteiger partial charge in [0.15, 0.2) is 5.96 Å². The highest BCUT2D eigenvalue weighted by Gasteiger charge is 2.09. The summed E-state index contributed by atoms with van der Waals surface area (Å²) in [5.41, 5.74) is 1.22. The molecule has 26 heavy (non-hydrogen) atoms. The zero-order chi connectivity index (χ0) is 18.1. The van der Waals surface area contributed by atoms with Crippen molar-refractivity contribution in [1.29, 1.82) is 0 Å². The van der Waals surface area contributed by atoms with Gasteiger partial charge >= 0.3 is 0 Å². The molecule has 0 fully saturated rings. The molecule has 0 saturated heterocycles. The Hall–Kier alpha value is -1.77. The van der Waals surface area contributed by atoms with Gasteiger partial charge in [-0.25, -0.2) is 0 Å². The number of nitrogens with one attached hydrogen (secondary N) is 1. The van der Waals surface area contributed by atoms with E-state index in [0.717, 1.165) is 31.3 Å². The molecule has 0 bridgehead atoms. The molecule has 6 nitrogen and oxygen atoms in total. The zero-order valence-electron chi connectivity index (χ0n) is 16.1. The van der Waals surface area contributed by atoms with E-state index < -0.39 is 0 Å². The number of benzene rings is 1. The summed E-state index contributed by atoms with van der Waals surface area (Å²) >= 11 is 0. The molecule has 1 atom stereocenters. The van der Waals surface area contributed by atoms with Crippen LogP contribution in [-0.2, 0) is 13.1 Å². The smallest absolute Gasteiger partial charge is 0.193 e. The maximum atomic E-state index is 5.49. The van der Waals surface area contributed by atoms with Gasteiger partial charge in [0.05, 0.1) is 6.61 Å². The zero-order valence-corrected chi connectivity index (χ0v) is 18.4. The molecule has 0 amide bonds. The van der Waals surface area contributed by atoms with Crippen molar-refractivity contribution < 1.29 is 4.74 Å². The minimum absolute atomic E-state index is 0. The maximum absolute atomic E-state index is 5.49. The Labute approximate surface area is 173 Å². The lowest BCUT2D eigenvalue weighted by atomic mass is 10.2. The van der Waals surface area contributed by atoms with Crippen LogP contribution in [0.1, 0.15) is 19.4 Å². The largest absolute Gasteiger partial charge is 0.494 e. The van der Waals surface area contributed by atoms with E-state index in [2.05, 4.69) is 39.4 Å². The molecule has 1 N–H and O–H groups in total. The van der Waals surface area contributed by atoms with Gasteiger partial charge in [-0.15, -0.1) is 24.0 Å². The first kappa shape index (κ1) is 22.3. The number of hydrogen-bond acceptors (Lipinski definition) is 3.